The molecule has 1 N–H and O–H groups in total. The number of rotatable bonds is 5. The van der Waals surface area contributed by atoms with Gasteiger partial charge in [-0.05, 0) is 39.1 Å². The third-order valence-electron chi connectivity index (χ3n) is 6.16. The highest BCUT2D eigenvalue weighted by Gasteiger charge is 2.28. The number of fused-ring (bicyclic) bond motifs is 4. The molecule has 0 saturated carbocycles. The first-order valence-corrected chi connectivity index (χ1v) is 11.3. The fourth-order valence-electron chi connectivity index (χ4n) is 4.55. The Balaban J connectivity index is 1.18. The van der Waals surface area contributed by atoms with Crippen molar-refractivity contribution in [2.75, 3.05) is 13.2 Å². The Morgan fingerprint density at radius 3 is 2.29 bits per heavy atom. The van der Waals surface area contributed by atoms with Gasteiger partial charge in [0.2, 0.25) is 0 Å². The molecule has 0 bridgehead atoms. The average molecular weight is 446 g/mol. The molecule has 0 atom stereocenters. The molecule has 0 radical (unpaired) electrons. The minimum atomic E-state index is -0.456. The summed E-state index contributed by atoms with van der Waals surface area (Å²) in [7, 11) is 0. The van der Waals surface area contributed by atoms with Crippen molar-refractivity contribution in [1.82, 2.24) is 5.32 Å². The lowest BCUT2D eigenvalue weighted by molar-refractivity contribution is 0.112. The number of alkyl carbamates (subject to hydrolysis) is 1. The lowest BCUT2D eigenvalue weighted by atomic mass is 9.98. The van der Waals surface area contributed by atoms with Crippen LogP contribution in [-0.4, -0.2) is 25.5 Å². The van der Waals surface area contributed by atoms with E-state index in [4.69, 9.17) is 4.74 Å². The minimum absolute atomic E-state index is 0.0334. The Morgan fingerprint density at radius 2 is 1.56 bits per heavy atom. The highest BCUT2D eigenvalue weighted by molar-refractivity contribution is 5.95. The third kappa shape index (κ3) is 4.16. The molecule has 0 unspecified atom stereocenters. The van der Waals surface area contributed by atoms with Gasteiger partial charge in [-0.1, -0.05) is 90.7 Å². The van der Waals surface area contributed by atoms with E-state index in [1.54, 1.807) is 6.07 Å². The minimum Gasteiger partial charge on any atom is -0.449 e. The normalized spacial score (nSPS) is 11.8. The molecule has 0 saturated heterocycles. The van der Waals surface area contributed by atoms with Crippen LogP contribution < -0.4 is 5.32 Å². The van der Waals surface area contributed by atoms with Crippen molar-refractivity contribution in [2.45, 2.75) is 12.3 Å². The molecule has 0 aliphatic heterocycles. The summed E-state index contributed by atoms with van der Waals surface area (Å²) in [6.07, 6.45) is 0.819. The molecule has 0 aromatic heterocycles. The second-order valence-electron chi connectivity index (χ2n) is 8.17. The van der Waals surface area contributed by atoms with Crippen LogP contribution in [0.3, 0.4) is 0 Å². The number of amides is 1. The fraction of sp³-hybridized carbons (Fsp3) is 0.133. The quantitative estimate of drug-likeness (QED) is 0.235. The van der Waals surface area contributed by atoms with Gasteiger partial charge in [0.1, 0.15) is 6.61 Å². The van der Waals surface area contributed by atoms with Crippen LogP contribution >= 0.6 is 0 Å². The van der Waals surface area contributed by atoms with Crippen molar-refractivity contribution in [3.63, 3.8) is 0 Å². The van der Waals surface area contributed by atoms with Crippen LogP contribution in [0.5, 0.6) is 0 Å². The third-order valence-corrected chi connectivity index (χ3v) is 6.16. The fourth-order valence-corrected chi connectivity index (χ4v) is 4.55. The maximum absolute atomic E-state index is 12.3. The SMILES string of the molecule is O=Cc1ccc2ccccc2c1C#CCCNC(=O)OCC1c2ccccc2-c2ccccc21. The zero-order valence-corrected chi connectivity index (χ0v) is 18.6. The van der Waals surface area contributed by atoms with Gasteiger partial charge in [0.25, 0.3) is 0 Å². The summed E-state index contributed by atoms with van der Waals surface area (Å²) >= 11 is 0. The Morgan fingerprint density at radius 1 is 0.882 bits per heavy atom. The summed E-state index contributed by atoms with van der Waals surface area (Å²) in [5, 5.41) is 4.76. The van der Waals surface area contributed by atoms with Crippen molar-refractivity contribution < 1.29 is 14.3 Å². The Labute approximate surface area is 198 Å². The smallest absolute Gasteiger partial charge is 0.407 e. The Kier molecular flexibility index (Phi) is 6.09. The lowest BCUT2D eigenvalue weighted by Gasteiger charge is -2.14. The molecule has 1 aliphatic rings. The summed E-state index contributed by atoms with van der Waals surface area (Å²) in [6, 6.07) is 28.1. The van der Waals surface area contributed by atoms with E-state index in [9.17, 15) is 9.59 Å². The molecule has 4 aromatic carbocycles. The maximum Gasteiger partial charge on any atom is 0.407 e. The molecule has 4 nitrogen and oxygen atoms in total. The van der Waals surface area contributed by atoms with Crippen molar-refractivity contribution >= 4 is 23.2 Å². The van der Waals surface area contributed by atoms with Gasteiger partial charge in [-0.3, -0.25) is 4.79 Å². The summed E-state index contributed by atoms with van der Waals surface area (Å²) < 4.78 is 5.55. The topological polar surface area (TPSA) is 55.4 Å². The van der Waals surface area contributed by atoms with E-state index in [0.717, 1.165) is 17.1 Å². The first kappa shape index (κ1) is 21.5. The van der Waals surface area contributed by atoms with Crippen LogP contribution in [-0.2, 0) is 4.74 Å². The molecule has 1 aliphatic carbocycles. The monoisotopic (exact) mass is 445 g/mol. The predicted octanol–water partition coefficient (Wildman–Crippen LogP) is 5.93. The zero-order valence-electron chi connectivity index (χ0n) is 18.6. The van der Waals surface area contributed by atoms with E-state index < -0.39 is 6.09 Å². The highest BCUT2D eigenvalue weighted by atomic mass is 16.5. The first-order valence-electron chi connectivity index (χ1n) is 11.3. The average Bonchev–Trinajstić information content (AvgIpc) is 3.21. The Hall–Kier alpha value is -4.36. The number of carbonyl (C=O) groups is 2. The largest absolute Gasteiger partial charge is 0.449 e. The van der Waals surface area contributed by atoms with Gasteiger partial charge in [-0.2, -0.15) is 0 Å². The van der Waals surface area contributed by atoms with E-state index >= 15 is 0 Å². The van der Waals surface area contributed by atoms with Crippen molar-refractivity contribution in [3.05, 3.63) is 107 Å². The standard InChI is InChI=1S/C30H23NO3/c32-19-22-17-16-21-9-1-2-10-23(21)24(22)11-7-8-18-31-30(33)34-20-29-27-14-5-3-12-25(27)26-13-4-6-15-28(26)29/h1-6,9-10,12-17,19,29H,8,18,20H2,(H,31,33). The highest BCUT2D eigenvalue weighted by Crippen LogP contribution is 2.44. The van der Waals surface area contributed by atoms with E-state index in [0.29, 0.717) is 24.1 Å². The van der Waals surface area contributed by atoms with Crippen LogP contribution in [0.2, 0.25) is 0 Å². The molecule has 5 rings (SSSR count). The van der Waals surface area contributed by atoms with Crippen LogP contribution in [0.25, 0.3) is 21.9 Å². The summed E-state index contributed by atoms with van der Waals surface area (Å²) in [6.45, 7) is 0.648. The number of carbonyl (C=O) groups excluding carboxylic acids is 2. The molecule has 34 heavy (non-hydrogen) atoms. The molecule has 0 spiro atoms. The number of aldehydes is 1. The summed E-state index contributed by atoms with van der Waals surface area (Å²) in [5.41, 5.74) is 6.05. The van der Waals surface area contributed by atoms with Gasteiger partial charge in [-0.15, -0.1) is 0 Å². The number of benzene rings is 4. The number of hydrogen-bond donors (Lipinski definition) is 1. The van der Waals surface area contributed by atoms with Gasteiger partial charge in [0.05, 0.1) is 0 Å². The van der Waals surface area contributed by atoms with Crippen molar-refractivity contribution in [2.24, 2.45) is 0 Å². The van der Waals surface area contributed by atoms with Gasteiger partial charge in [-0.25, -0.2) is 4.79 Å². The second kappa shape index (κ2) is 9.64. The van der Waals surface area contributed by atoms with Crippen LogP contribution in [0.15, 0.2) is 84.9 Å². The lowest BCUT2D eigenvalue weighted by Crippen LogP contribution is -2.26. The van der Waals surface area contributed by atoms with Gasteiger partial charge < -0.3 is 10.1 Å². The van der Waals surface area contributed by atoms with E-state index in [2.05, 4.69) is 41.4 Å². The summed E-state index contributed by atoms with van der Waals surface area (Å²) in [4.78, 5) is 23.7. The molecule has 4 aromatic rings. The van der Waals surface area contributed by atoms with Gasteiger partial charge in [0, 0.05) is 30.0 Å². The van der Waals surface area contributed by atoms with Crippen molar-refractivity contribution in [1.29, 1.82) is 0 Å². The van der Waals surface area contributed by atoms with E-state index in [1.807, 2.05) is 54.6 Å². The molecular formula is C30H23NO3. The maximum atomic E-state index is 12.3. The van der Waals surface area contributed by atoms with Gasteiger partial charge in [0.15, 0.2) is 6.29 Å². The molecule has 0 heterocycles. The number of ether oxygens (including phenoxy) is 1. The second-order valence-corrected chi connectivity index (χ2v) is 8.17. The molecular weight excluding hydrogens is 422 g/mol. The zero-order chi connectivity index (χ0) is 23.3. The number of hydrogen-bond acceptors (Lipinski definition) is 3. The molecule has 0 fully saturated rings. The van der Waals surface area contributed by atoms with Crippen LogP contribution in [0, 0.1) is 11.8 Å². The van der Waals surface area contributed by atoms with Gasteiger partial charge >= 0.3 is 6.09 Å². The predicted molar refractivity (Wildman–Crippen MR) is 134 cm³/mol. The first-order chi connectivity index (χ1) is 16.8. The summed E-state index contributed by atoms with van der Waals surface area (Å²) in [5.74, 6) is 6.21. The Bertz CT molecular complexity index is 1400. The van der Waals surface area contributed by atoms with Crippen LogP contribution in [0.4, 0.5) is 4.79 Å². The van der Waals surface area contributed by atoms with E-state index in [-0.39, 0.29) is 12.5 Å². The molecule has 1 amide bonds. The van der Waals surface area contributed by atoms with E-state index in [1.165, 1.54) is 22.3 Å². The molecule has 166 valence electrons. The van der Waals surface area contributed by atoms with Crippen molar-refractivity contribution in [3.8, 4) is 23.0 Å². The van der Waals surface area contributed by atoms with Crippen LogP contribution in [0.1, 0.15) is 39.4 Å². The number of nitrogens with one attached hydrogen (secondary N) is 1. The molecule has 4 heteroatoms.